The number of aromatic amines is 1. The van der Waals surface area contributed by atoms with E-state index in [0.717, 1.165) is 17.5 Å². The molecule has 0 aromatic carbocycles. The molecule has 0 amide bonds. The Morgan fingerprint density at radius 1 is 1.26 bits per heavy atom. The Morgan fingerprint density at radius 3 is 2.81 bits per heavy atom. The summed E-state index contributed by atoms with van der Waals surface area (Å²) in [6, 6.07) is 1.43. The molecule has 0 saturated heterocycles. The topological polar surface area (TPSA) is 91.1 Å². The first kappa shape index (κ1) is 17.4. The minimum atomic E-state index is -0.453. The molecule has 0 fully saturated rings. The highest BCUT2D eigenvalue weighted by Crippen LogP contribution is 2.29. The predicted molar refractivity (Wildman–Crippen MR) is 102 cm³/mol. The monoisotopic (exact) mass is 368 g/mol. The van der Waals surface area contributed by atoms with Gasteiger partial charge >= 0.3 is 0 Å². The van der Waals surface area contributed by atoms with Gasteiger partial charge in [-0.25, -0.2) is 14.4 Å². The zero-order chi connectivity index (χ0) is 19.2. The maximum atomic E-state index is 14.4. The van der Waals surface area contributed by atoms with Crippen LogP contribution in [-0.2, 0) is 6.61 Å². The molecule has 8 heteroatoms. The highest BCUT2D eigenvalue weighted by Gasteiger charge is 2.15. The highest BCUT2D eigenvalue weighted by molar-refractivity contribution is 5.93. The zero-order valence-electron chi connectivity index (χ0n) is 15.4. The Bertz CT molecular complexity index is 1120. The van der Waals surface area contributed by atoms with E-state index in [1.165, 1.54) is 12.3 Å². The van der Waals surface area contributed by atoms with Crippen molar-refractivity contribution in [3.05, 3.63) is 42.4 Å². The number of rotatable bonds is 4. The second kappa shape index (κ2) is 6.31. The third-order valence-electron chi connectivity index (χ3n) is 4.32. The van der Waals surface area contributed by atoms with E-state index in [1.54, 1.807) is 23.0 Å². The van der Waals surface area contributed by atoms with E-state index in [-0.39, 0.29) is 17.7 Å². The molecular weight excluding hydrogens is 347 g/mol. The number of H-pyrrole nitrogens is 1. The molecule has 4 aromatic rings. The van der Waals surface area contributed by atoms with Gasteiger partial charge in [-0.2, -0.15) is 4.98 Å². The van der Waals surface area contributed by atoms with Gasteiger partial charge in [0.05, 0.1) is 18.5 Å². The van der Waals surface area contributed by atoms with Crippen molar-refractivity contribution in [1.29, 1.82) is 0 Å². The smallest absolute Gasteiger partial charge is 0.224 e. The largest absolute Gasteiger partial charge is 0.390 e. The second-order valence-corrected chi connectivity index (χ2v) is 7.75. The summed E-state index contributed by atoms with van der Waals surface area (Å²) in [5, 5.41) is 13.5. The summed E-state index contributed by atoms with van der Waals surface area (Å²) in [6.07, 6.45) is 6.73. The molecule has 0 aliphatic carbocycles. The van der Waals surface area contributed by atoms with Crippen LogP contribution in [0.4, 0.5) is 10.3 Å². The Hall–Kier alpha value is -3.00. The summed E-state index contributed by atoms with van der Waals surface area (Å²) >= 11 is 0. The average Bonchev–Trinajstić information content (AvgIpc) is 3.22. The van der Waals surface area contributed by atoms with Crippen molar-refractivity contribution < 1.29 is 9.50 Å². The molecule has 0 radical (unpaired) electrons. The molecule has 4 heterocycles. The molecule has 0 saturated carbocycles. The Kier molecular flexibility index (Phi) is 4.07. The molecule has 0 spiro atoms. The second-order valence-electron chi connectivity index (χ2n) is 7.75. The van der Waals surface area contributed by atoms with E-state index >= 15 is 0 Å². The Labute approximate surface area is 155 Å². The van der Waals surface area contributed by atoms with E-state index in [0.29, 0.717) is 22.9 Å². The molecule has 0 atom stereocenters. The van der Waals surface area contributed by atoms with Crippen LogP contribution < -0.4 is 5.32 Å². The average molecular weight is 368 g/mol. The van der Waals surface area contributed by atoms with Gasteiger partial charge in [-0.3, -0.25) is 4.40 Å². The first-order valence-electron chi connectivity index (χ1n) is 8.70. The number of anilines is 1. The van der Waals surface area contributed by atoms with Gasteiger partial charge < -0.3 is 15.4 Å². The third-order valence-corrected chi connectivity index (χ3v) is 4.32. The standard InChI is InChI=1S/C19H21FN6O/c1-19(2,3)10-24-18-23-7-14-13(6-21-16(14)25-18)11-4-15(20)17-22-5-12(9-27)26(17)8-11/h4-8,27H,9-10H2,1-3H3,(H2,21,23,24,25). The number of halogens is 1. The van der Waals surface area contributed by atoms with Gasteiger partial charge in [0.25, 0.3) is 0 Å². The molecule has 4 aromatic heterocycles. The van der Waals surface area contributed by atoms with Crippen molar-refractivity contribution in [2.24, 2.45) is 5.41 Å². The van der Waals surface area contributed by atoms with Crippen molar-refractivity contribution in [3.8, 4) is 11.1 Å². The summed E-state index contributed by atoms with van der Waals surface area (Å²) in [4.78, 5) is 16.0. The quantitative estimate of drug-likeness (QED) is 0.514. The van der Waals surface area contributed by atoms with E-state index in [9.17, 15) is 9.50 Å². The van der Waals surface area contributed by atoms with Crippen LogP contribution in [0.25, 0.3) is 27.8 Å². The summed E-state index contributed by atoms with van der Waals surface area (Å²) in [5.41, 5.74) is 2.93. The zero-order valence-corrected chi connectivity index (χ0v) is 15.4. The molecule has 7 nitrogen and oxygen atoms in total. The summed E-state index contributed by atoms with van der Waals surface area (Å²) < 4.78 is 16.0. The van der Waals surface area contributed by atoms with Crippen LogP contribution >= 0.6 is 0 Å². The molecule has 0 aliphatic rings. The Morgan fingerprint density at radius 2 is 2.07 bits per heavy atom. The first-order valence-corrected chi connectivity index (χ1v) is 8.70. The van der Waals surface area contributed by atoms with Crippen LogP contribution in [0, 0.1) is 11.2 Å². The van der Waals surface area contributed by atoms with Crippen molar-refractivity contribution in [1.82, 2.24) is 24.3 Å². The molecular formula is C19H21FN6O. The number of imidazole rings is 1. The Balaban J connectivity index is 1.75. The third kappa shape index (κ3) is 3.23. The summed E-state index contributed by atoms with van der Waals surface area (Å²) in [6.45, 7) is 6.93. The number of aliphatic hydroxyl groups excluding tert-OH is 1. The molecule has 27 heavy (non-hydrogen) atoms. The van der Waals surface area contributed by atoms with Crippen molar-refractivity contribution in [2.45, 2.75) is 27.4 Å². The van der Waals surface area contributed by atoms with Gasteiger partial charge in [0.1, 0.15) is 5.65 Å². The fourth-order valence-corrected chi connectivity index (χ4v) is 2.93. The van der Waals surface area contributed by atoms with Crippen LogP contribution in [0.15, 0.2) is 30.9 Å². The summed E-state index contributed by atoms with van der Waals surface area (Å²) in [7, 11) is 0. The van der Waals surface area contributed by atoms with Crippen LogP contribution in [-0.4, -0.2) is 36.0 Å². The lowest BCUT2D eigenvalue weighted by atomic mass is 9.97. The number of hydrogen-bond acceptors (Lipinski definition) is 5. The van der Waals surface area contributed by atoms with E-state index < -0.39 is 5.82 Å². The van der Waals surface area contributed by atoms with Gasteiger partial charge in [0.15, 0.2) is 11.5 Å². The molecule has 0 aliphatic heterocycles. The number of nitrogens with zero attached hydrogens (tertiary/aromatic N) is 4. The molecule has 0 bridgehead atoms. The lowest BCUT2D eigenvalue weighted by Crippen LogP contribution is -2.20. The van der Waals surface area contributed by atoms with Gasteiger partial charge in [-0.15, -0.1) is 0 Å². The lowest BCUT2D eigenvalue weighted by Gasteiger charge is -2.18. The maximum Gasteiger partial charge on any atom is 0.224 e. The predicted octanol–water partition coefficient (Wildman–Crippen LogP) is 3.36. The minimum absolute atomic E-state index is 0.112. The number of aromatic nitrogens is 5. The van der Waals surface area contributed by atoms with Gasteiger partial charge in [-0.1, -0.05) is 20.8 Å². The van der Waals surface area contributed by atoms with Crippen LogP contribution in [0.2, 0.25) is 0 Å². The van der Waals surface area contributed by atoms with Gasteiger partial charge in [0.2, 0.25) is 5.95 Å². The van der Waals surface area contributed by atoms with Crippen LogP contribution in [0.3, 0.4) is 0 Å². The van der Waals surface area contributed by atoms with E-state index in [1.807, 2.05) is 0 Å². The number of aliphatic hydroxyl groups is 1. The lowest BCUT2D eigenvalue weighted by molar-refractivity contribution is 0.276. The summed E-state index contributed by atoms with van der Waals surface area (Å²) in [5.74, 6) is 0.0931. The normalized spacial score (nSPS) is 12.2. The van der Waals surface area contributed by atoms with Crippen LogP contribution in [0.5, 0.6) is 0 Å². The van der Waals surface area contributed by atoms with Crippen molar-refractivity contribution in [3.63, 3.8) is 0 Å². The molecule has 3 N–H and O–H groups in total. The minimum Gasteiger partial charge on any atom is -0.390 e. The van der Waals surface area contributed by atoms with Gasteiger partial charge in [0, 0.05) is 41.6 Å². The van der Waals surface area contributed by atoms with Gasteiger partial charge in [-0.05, 0) is 11.5 Å². The molecule has 4 rings (SSSR count). The number of pyridine rings is 1. The highest BCUT2D eigenvalue weighted by atomic mass is 19.1. The van der Waals surface area contributed by atoms with E-state index in [2.05, 4.69) is 46.0 Å². The number of nitrogens with one attached hydrogen (secondary N) is 2. The fraction of sp³-hybridized carbons (Fsp3) is 0.316. The number of hydrogen-bond donors (Lipinski definition) is 3. The van der Waals surface area contributed by atoms with Crippen molar-refractivity contribution >= 4 is 22.6 Å². The molecule has 0 unspecified atom stereocenters. The van der Waals surface area contributed by atoms with E-state index in [4.69, 9.17) is 0 Å². The fourth-order valence-electron chi connectivity index (χ4n) is 2.93. The molecule has 140 valence electrons. The van der Waals surface area contributed by atoms with Crippen LogP contribution in [0.1, 0.15) is 26.5 Å². The number of fused-ring (bicyclic) bond motifs is 2. The SMILES string of the molecule is CC(C)(C)CNc1ncc2c(-c3cc(F)c4ncc(CO)n4c3)c[nH]c2n1. The first-order chi connectivity index (χ1) is 12.9. The maximum absolute atomic E-state index is 14.4. The van der Waals surface area contributed by atoms with Crippen molar-refractivity contribution in [2.75, 3.05) is 11.9 Å².